The van der Waals surface area contributed by atoms with Gasteiger partial charge in [0.05, 0.1) is 66.5 Å². The summed E-state index contributed by atoms with van der Waals surface area (Å²) in [6.45, 7) is 10.7. The number of aromatic amines is 1. The van der Waals surface area contributed by atoms with Crippen molar-refractivity contribution in [2.24, 2.45) is 5.41 Å². The van der Waals surface area contributed by atoms with E-state index in [1.54, 1.807) is 21.7 Å². The van der Waals surface area contributed by atoms with Crippen LogP contribution < -0.4 is 15.4 Å². The number of unbranched alkanes of at least 4 members (excludes halogenated alkanes) is 2. The van der Waals surface area contributed by atoms with Crippen LogP contribution in [0.25, 0.3) is 21.3 Å². The number of halogens is 3. The molecule has 18 heteroatoms. The maximum Gasteiger partial charge on any atom is 0.257 e. The van der Waals surface area contributed by atoms with E-state index in [2.05, 4.69) is 25.6 Å². The molecule has 2 aliphatic rings. The van der Waals surface area contributed by atoms with Gasteiger partial charge in [-0.2, -0.15) is 0 Å². The van der Waals surface area contributed by atoms with Crippen LogP contribution in [0.3, 0.4) is 0 Å². The molecule has 1 fully saturated rings. The Hall–Kier alpha value is -5.40. The molecule has 2 aliphatic heterocycles. The summed E-state index contributed by atoms with van der Waals surface area (Å²) in [5.74, 6) is -4.73. The molecule has 69 heavy (non-hydrogen) atoms. The fraction of sp³-hybridized carbons (Fsp3) is 0.510. The van der Waals surface area contributed by atoms with Crippen LogP contribution in [0, 0.1) is 18.2 Å². The number of ether oxygens (including phenoxy) is 3. The van der Waals surface area contributed by atoms with Gasteiger partial charge in [0.25, 0.3) is 5.92 Å². The van der Waals surface area contributed by atoms with Crippen molar-refractivity contribution in [3.63, 3.8) is 0 Å². The van der Waals surface area contributed by atoms with Crippen molar-refractivity contribution in [2.75, 3.05) is 46.1 Å². The number of carbonyl (C=O) groups excluding carboxylic acids is 3. The zero-order valence-electron chi connectivity index (χ0n) is 40.2. The molecular formula is C51H64F3N7O7S. The number of aliphatic hydroxyl groups excluding tert-OH is 1. The van der Waals surface area contributed by atoms with Crippen molar-refractivity contribution in [3.8, 4) is 16.2 Å². The van der Waals surface area contributed by atoms with E-state index in [1.165, 1.54) is 17.2 Å². The molecule has 372 valence electrons. The van der Waals surface area contributed by atoms with Crippen LogP contribution >= 0.6 is 11.3 Å². The van der Waals surface area contributed by atoms with Gasteiger partial charge in [-0.05, 0) is 67.7 Å². The molecule has 3 amide bonds. The van der Waals surface area contributed by atoms with Crippen LogP contribution in [0.5, 0.6) is 5.75 Å². The van der Waals surface area contributed by atoms with Crippen molar-refractivity contribution >= 4 is 40.0 Å². The average Bonchev–Trinajstić information content (AvgIpc) is 4.02. The number of aryl methyl sites for hydroxylation is 1. The van der Waals surface area contributed by atoms with Crippen LogP contribution in [0.1, 0.15) is 94.6 Å². The van der Waals surface area contributed by atoms with Crippen molar-refractivity contribution in [3.05, 3.63) is 100 Å². The standard InChI is InChI=1S/C51H64F3N7O7S/c1-31-22-38-37-12-8-9-13-40(37)58-43(38)45(61(31)29-51(6,53)54)44-39(52)24-36(26-55-44)68-19-11-7-10-18-66-20-21-67-28-42(63)59-47(50(3,4)5)49(65)60-27-35(62)23-41(60)48(64)56-25-33-14-16-34(17-15-33)46-32(2)57-30-69-46/h8-9,12-17,24,26,30-31,35,41,45,47,58,62H,7,10-11,18-23,25,27-29H2,1-6H3,(H,56,64)(H,59,63)/t31-,35-,41+,45+,47?/m1/s1. The molecule has 0 spiro atoms. The highest BCUT2D eigenvalue weighted by molar-refractivity contribution is 7.13. The number of alkyl halides is 2. The van der Waals surface area contributed by atoms with Crippen molar-refractivity contribution in [1.82, 2.24) is 35.4 Å². The Morgan fingerprint density at radius 2 is 1.72 bits per heavy atom. The normalized spacial score (nSPS) is 19.1. The third kappa shape index (κ3) is 13.1. The summed E-state index contributed by atoms with van der Waals surface area (Å²) < 4.78 is 61.8. The number of thiazole rings is 1. The molecule has 1 unspecified atom stereocenters. The Morgan fingerprint density at radius 3 is 2.43 bits per heavy atom. The molecule has 3 aromatic heterocycles. The Balaban J connectivity index is 0.797. The maximum atomic E-state index is 15.9. The van der Waals surface area contributed by atoms with E-state index < -0.39 is 59.7 Å². The minimum atomic E-state index is -3.00. The first-order valence-corrected chi connectivity index (χ1v) is 24.5. The van der Waals surface area contributed by atoms with Crippen LogP contribution in [0.4, 0.5) is 13.2 Å². The Kier molecular flexibility index (Phi) is 16.8. The minimum Gasteiger partial charge on any atom is -0.492 e. The summed E-state index contributed by atoms with van der Waals surface area (Å²) in [7, 11) is 0. The molecule has 0 radical (unpaired) electrons. The fourth-order valence-electron chi connectivity index (χ4n) is 9.12. The number of aliphatic hydroxyl groups is 1. The lowest BCUT2D eigenvalue weighted by Gasteiger charge is -2.41. The molecule has 4 N–H and O–H groups in total. The molecule has 2 aromatic carbocycles. The van der Waals surface area contributed by atoms with Gasteiger partial charge in [-0.3, -0.25) is 24.3 Å². The van der Waals surface area contributed by atoms with Crippen LogP contribution in [-0.2, 0) is 36.8 Å². The lowest BCUT2D eigenvalue weighted by Crippen LogP contribution is -2.58. The number of pyridine rings is 1. The number of hydrogen-bond donors (Lipinski definition) is 4. The number of rotatable bonds is 21. The van der Waals surface area contributed by atoms with E-state index in [0.717, 1.165) is 57.9 Å². The molecule has 1 saturated heterocycles. The largest absolute Gasteiger partial charge is 0.492 e. The number of carbonyl (C=O) groups is 3. The van der Waals surface area contributed by atoms with E-state index in [0.29, 0.717) is 31.7 Å². The van der Waals surface area contributed by atoms with Gasteiger partial charge in [0.15, 0.2) is 0 Å². The number of β-amino-alcohol motifs (C(OH)–C–C–N with tert-alkyl or cyclic N) is 1. The van der Waals surface area contributed by atoms with Crippen molar-refractivity contribution in [2.45, 2.75) is 116 Å². The number of hydrogen-bond acceptors (Lipinski definition) is 11. The lowest BCUT2D eigenvalue weighted by molar-refractivity contribution is -0.144. The quantitative estimate of drug-likeness (QED) is 0.0540. The summed E-state index contributed by atoms with van der Waals surface area (Å²) in [6, 6.07) is 13.8. The molecule has 0 bridgehead atoms. The zero-order valence-corrected chi connectivity index (χ0v) is 41.0. The average molecular weight is 976 g/mol. The maximum absolute atomic E-state index is 15.9. The molecule has 0 saturated carbocycles. The van der Waals surface area contributed by atoms with Gasteiger partial charge in [-0.1, -0.05) is 63.2 Å². The van der Waals surface area contributed by atoms with Gasteiger partial charge >= 0.3 is 0 Å². The smallest absolute Gasteiger partial charge is 0.257 e. The Labute approximate surface area is 405 Å². The minimum absolute atomic E-state index is 0.0320. The topological polar surface area (TPSA) is 171 Å². The monoisotopic (exact) mass is 975 g/mol. The number of amides is 3. The third-order valence-corrected chi connectivity index (χ3v) is 13.6. The first-order chi connectivity index (χ1) is 32.9. The number of H-pyrrole nitrogens is 1. The molecule has 5 heterocycles. The van der Waals surface area contributed by atoms with Gasteiger partial charge in [-0.25, -0.2) is 18.2 Å². The Bertz CT molecular complexity index is 2540. The molecular weight excluding hydrogens is 912 g/mol. The van der Waals surface area contributed by atoms with E-state index in [-0.39, 0.29) is 62.7 Å². The van der Waals surface area contributed by atoms with E-state index in [1.807, 2.05) is 83.1 Å². The third-order valence-electron chi connectivity index (χ3n) is 12.6. The second-order valence-electron chi connectivity index (χ2n) is 19.3. The summed E-state index contributed by atoms with van der Waals surface area (Å²) in [6.07, 6.45) is 3.33. The summed E-state index contributed by atoms with van der Waals surface area (Å²) in [5.41, 5.74) is 6.54. The number of benzene rings is 2. The lowest BCUT2D eigenvalue weighted by atomic mass is 9.85. The number of likely N-dealkylation sites (tertiary alicyclic amines) is 1. The molecule has 0 aliphatic carbocycles. The van der Waals surface area contributed by atoms with Crippen molar-refractivity contribution in [1.29, 1.82) is 0 Å². The highest BCUT2D eigenvalue weighted by Gasteiger charge is 2.45. The summed E-state index contributed by atoms with van der Waals surface area (Å²) >= 11 is 1.56. The molecule has 7 rings (SSSR count). The van der Waals surface area contributed by atoms with Gasteiger partial charge in [0, 0.05) is 61.7 Å². The molecule has 5 aromatic rings. The van der Waals surface area contributed by atoms with Gasteiger partial charge in [0.2, 0.25) is 17.7 Å². The molecule has 5 atom stereocenters. The van der Waals surface area contributed by atoms with Gasteiger partial charge in [0.1, 0.15) is 30.3 Å². The predicted octanol–water partition coefficient (Wildman–Crippen LogP) is 7.52. The highest BCUT2D eigenvalue weighted by Crippen LogP contribution is 2.42. The van der Waals surface area contributed by atoms with Crippen LogP contribution in [0.2, 0.25) is 0 Å². The second-order valence-corrected chi connectivity index (χ2v) is 20.2. The first kappa shape index (κ1) is 51.5. The number of para-hydroxylation sites is 1. The number of aromatic nitrogens is 3. The first-order valence-electron chi connectivity index (χ1n) is 23.6. The summed E-state index contributed by atoms with van der Waals surface area (Å²) in [5, 5.41) is 17.2. The van der Waals surface area contributed by atoms with Gasteiger partial charge in [-0.15, -0.1) is 11.3 Å². The second kappa shape index (κ2) is 22.6. The number of nitrogens with zero attached hydrogens (tertiary/aromatic N) is 4. The Morgan fingerprint density at radius 1 is 0.986 bits per heavy atom. The fourth-order valence-corrected chi connectivity index (χ4v) is 9.93. The predicted molar refractivity (Wildman–Crippen MR) is 257 cm³/mol. The van der Waals surface area contributed by atoms with Crippen molar-refractivity contribution < 1.29 is 46.9 Å². The summed E-state index contributed by atoms with van der Waals surface area (Å²) in [4.78, 5) is 56.6. The SMILES string of the molecule is Cc1ncsc1-c1ccc(CNC(=O)[C@@H]2C[C@@H](O)CN2C(=O)C(NC(=O)COCCOCCCCCOc2cnc([C@@H]3c4[nH]c5ccccc5c4C[C@@H](C)N3CC(C)(F)F)c(F)c2)C(C)(C)C)cc1. The van der Waals surface area contributed by atoms with Gasteiger partial charge < -0.3 is 39.8 Å². The number of fused-ring (bicyclic) bond motifs is 3. The van der Waals surface area contributed by atoms with E-state index in [4.69, 9.17) is 14.2 Å². The number of nitrogens with one attached hydrogen (secondary N) is 3. The zero-order chi connectivity index (χ0) is 49.5. The van der Waals surface area contributed by atoms with Crippen LogP contribution in [0.15, 0.2) is 66.3 Å². The van der Waals surface area contributed by atoms with Crippen LogP contribution in [-0.4, -0.2) is 124 Å². The molecule has 14 nitrogen and oxygen atoms in total. The van der Waals surface area contributed by atoms with E-state index in [9.17, 15) is 28.3 Å². The van der Waals surface area contributed by atoms with E-state index >= 15 is 4.39 Å². The highest BCUT2D eigenvalue weighted by atomic mass is 32.1.